The molecule has 5 heteroatoms. The molecule has 1 saturated carbocycles. The Morgan fingerprint density at radius 2 is 1.86 bits per heavy atom. The van der Waals surface area contributed by atoms with E-state index in [-0.39, 0.29) is 18.3 Å². The number of carbonyl (C=O) groups excluding carboxylic acids is 1. The summed E-state index contributed by atoms with van der Waals surface area (Å²) < 4.78 is 5.65. The van der Waals surface area contributed by atoms with Gasteiger partial charge in [-0.2, -0.15) is 0 Å². The first-order chi connectivity index (χ1) is 10.1. The maximum atomic E-state index is 12.0. The van der Waals surface area contributed by atoms with Crippen LogP contribution in [-0.4, -0.2) is 24.6 Å². The molecule has 22 heavy (non-hydrogen) atoms. The van der Waals surface area contributed by atoms with Crippen molar-refractivity contribution in [2.24, 2.45) is 5.73 Å². The summed E-state index contributed by atoms with van der Waals surface area (Å²) in [4.78, 5) is 12.0. The summed E-state index contributed by atoms with van der Waals surface area (Å²) in [5.74, 6) is 0.913. The Kier molecular flexibility index (Phi) is 7.69. The number of unbranched alkanes of at least 4 members (excludes halogenated alkanes) is 1. The Labute approximate surface area is 139 Å². The van der Waals surface area contributed by atoms with E-state index in [0.29, 0.717) is 13.2 Å². The van der Waals surface area contributed by atoms with Gasteiger partial charge in [-0.25, -0.2) is 0 Å². The SMILES string of the molecule is Cc1ccc(OCCCCNC(=O)C2(N)CCCC2)cc1.Cl. The molecule has 1 aliphatic carbocycles. The highest BCUT2D eigenvalue weighted by molar-refractivity contribution is 5.86. The maximum Gasteiger partial charge on any atom is 0.240 e. The second-order valence-corrected chi connectivity index (χ2v) is 5.99. The largest absolute Gasteiger partial charge is 0.494 e. The molecule has 1 aromatic rings. The second-order valence-electron chi connectivity index (χ2n) is 5.99. The Morgan fingerprint density at radius 1 is 1.23 bits per heavy atom. The monoisotopic (exact) mass is 326 g/mol. The van der Waals surface area contributed by atoms with E-state index in [0.717, 1.165) is 44.3 Å². The zero-order valence-corrected chi connectivity index (χ0v) is 14.1. The van der Waals surface area contributed by atoms with Crippen LogP contribution in [0.5, 0.6) is 5.75 Å². The zero-order chi connectivity index (χ0) is 15.1. The summed E-state index contributed by atoms with van der Waals surface area (Å²) in [6.07, 6.45) is 5.59. The van der Waals surface area contributed by atoms with E-state index in [4.69, 9.17) is 10.5 Å². The van der Waals surface area contributed by atoms with Gasteiger partial charge in [0, 0.05) is 6.54 Å². The molecule has 2 rings (SSSR count). The quantitative estimate of drug-likeness (QED) is 0.757. The van der Waals surface area contributed by atoms with Crippen molar-refractivity contribution in [3.63, 3.8) is 0 Å². The lowest BCUT2D eigenvalue weighted by Crippen LogP contribution is -2.52. The number of carbonyl (C=O) groups is 1. The maximum absolute atomic E-state index is 12.0. The van der Waals surface area contributed by atoms with Gasteiger partial charge in [-0.05, 0) is 44.7 Å². The highest BCUT2D eigenvalue weighted by Crippen LogP contribution is 2.27. The molecule has 4 nitrogen and oxygen atoms in total. The van der Waals surface area contributed by atoms with Gasteiger partial charge in [0.2, 0.25) is 5.91 Å². The van der Waals surface area contributed by atoms with Gasteiger partial charge in [0.1, 0.15) is 5.75 Å². The van der Waals surface area contributed by atoms with Crippen molar-refractivity contribution in [1.29, 1.82) is 0 Å². The highest BCUT2D eigenvalue weighted by Gasteiger charge is 2.36. The van der Waals surface area contributed by atoms with Gasteiger partial charge in [-0.15, -0.1) is 12.4 Å². The molecular formula is C17H27ClN2O2. The number of amides is 1. The Hall–Kier alpha value is -1.26. The van der Waals surface area contributed by atoms with E-state index >= 15 is 0 Å². The van der Waals surface area contributed by atoms with E-state index < -0.39 is 5.54 Å². The third-order valence-corrected chi connectivity index (χ3v) is 4.09. The van der Waals surface area contributed by atoms with Crippen molar-refractivity contribution < 1.29 is 9.53 Å². The van der Waals surface area contributed by atoms with Crippen LogP contribution in [-0.2, 0) is 4.79 Å². The standard InChI is InChI=1S/C17H26N2O2.ClH/c1-14-6-8-15(9-7-14)21-13-5-4-12-19-16(20)17(18)10-2-3-11-17;/h6-9H,2-5,10-13,18H2,1H3,(H,19,20);1H. The summed E-state index contributed by atoms with van der Waals surface area (Å²) >= 11 is 0. The molecule has 0 aliphatic heterocycles. The summed E-state index contributed by atoms with van der Waals surface area (Å²) in [6.45, 7) is 3.41. The normalized spacial score (nSPS) is 15.9. The molecule has 1 amide bonds. The highest BCUT2D eigenvalue weighted by atomic mass is 35.5. The first kappa shape index (κ1) is 18.8. The average molecular weight is 327 g/mol. The van der Waals surface area contributed by atoms with Gasteiger partial charge >= 0.3 is 0 Å². The van der Waals surface area contributed by atoms with E-state index in [1.165, 1.54) is 5.56 Å². The van der Waals surface area contributed by atoms with Crippen molar-refractivity contribution in [2.45, 2.75) is 51.0 Å². The van der Waals surface area contributed by atoms with Gasteiger partial charge < -0.3 is 15.8 Å². The predicted molar refractivity (Wildman–Crippen MR) is 91.6 cm³/mol. The number of halogens is 1. The lowest BCUT2D eigenvalue weighted by molar-refractivity contribution is -0.126. The molecule has 0 radical (unpaired) electrons. The summed E-state index contributed by atoms with van der Waals surface area (Å²) in [5, 5.41) is 2.95. The molecule has 3 N–H and O–H groups in total. The van der Waals surface area contributed by atoms with E-state index in [9.17, 15) is 4.79 Å². The lowest BCUT2D eigenvalue weighted by Gasteiger charge is -2.22. The third kappa shape index (κ3) is 5.50. The third-order valence-electron chi connectivity index (χ3n) is 4.09. The van der Waals surface area contributed by atoms with Gasteiger partial charge in [-0.1, -0.05) is 30.5 Å². The fraction of sp³-hybridized carbons (Fsp3) is 0.588. The van der Waals surface area contributed by atoms with Crippen LogP contribution < -0.4 is 15.8 Å². The number of nitrogens with two attached hydrogens (primary N) is 1. The number of ether oxygens (including phenoxy) is 1. The fourth-order valence-electron chi connectivity index (χ4n) is 2.66. The van der Waals surface area contributed by atoms with Crippen LogP contribution in [0.25, 0.3) is 0 Å². The summed E-state index contributed by atoms with van der Waals surface area (Å²) in [6, 6.07) is 8.04. The number of hydrogen-bond donors (Lipinski definition) is 2. The molecule has 0 bridgehead atoms. The molecule has 0 atom stereocenters. The van der Waals surface area contributed by atoms with Gasteiger partial charge in [-0.3, -0.25) is 4.79 Å². The molecule has 1 fully saturated rings. The molecule has 124 valence electrons. The number of nitrogens with one attached hydrogen (secondary N) is 1. The van der Waals surface area contributed by atoms with Gasteiger partial charge in [0.15, 0.2) is 0 Å². The smallest absolute Gasteiger partial charge is 0.240 e. The number of hydrogen-bond acceptors (Lipinski definition) is 3. The number of rotatable bonds is 7. The molecule has 0 unspecified atom stereocenters. The van der Waals surface area contributed by atoms with Crippen molar-refractivity contribution in [2.75, 3.05) is 13.2 Å². The molecular weight excluding hydrogens is 300 g/mol. The van der Waals surface area contributed by atoms with Crippen LogP contribution in [0.15, 0.2) is 24.3 Å². The zero-order valence-electron chi connectivity index (χ0n) is 13.3. The Morgan fingerprint density at radius 3 is 2.50 bits per heavy atom. The molecule has 0 heterocycles. The van der Waals surface area contributed by atoms with Crippen molar-refractivity contribution in [3.8, 4) is 5.75 Å². The summed E-state index contributed by atoms with van der Waals surface area (Å²) in [7, 11) is 0. The van der Waals surface area contributed by atoms with Crippen LogP contribution in [0.3, 0.4) is 0 Å². The van der Waals surface area contributed by atoms with Crippen molar-refractivity contribution in [1.82, 2.24) is 5.32 Å². The van der Waals surface area contributed by atoms with E-state index in [1.54, 1.807) is 0 Å². The van der Waals surface area contributed by atoms with Crippen LogP contribution in [0.2, 0.25) is 0 Å². The van der Waals surface area contributed by atoms with E-state index in [1.807, 2.05) is 24.3 Å². The minimum atomic E-state index is -0.613. The van der Waals surface area contributed by atoms with Crippen LogP contribution in [0, 0.1) is 6.92 Å². The average Bonchev–Trinajstić information content (AvgIpc) is 2.92. The lowest BCUT2D eigenvalue weighted by atomic mass is 9.98. The first-order valence-corrected chi connectivity index (χ1v) is 7.87. The van der Waals surface area contributed by atoms with Crippen LogP contribution >= 0.6 is 12.4 Å². The first-order valence-electron chi connectivity index (χ1n) is 7.87. The molecule has 0 saturated heterocycles. The van der Waals surface area contributed by atoms with Crippen molar-refractivity contribution >= 4 is 18.3 Å². The molecule has 1 aliphatic rings. The Balaban J connectivity index is 0.00000242. The number of aryl methyl sites for hydroxylation is 1. The number of benzene rings is 1. The molecule has 0 aromatic heterocycles. The minimum Gasteiger partial charge on any atom is -0.494 e. The fourth-order valence-corrected chi connectivity index (χ4v) is 2.66. The van der Waals surface area contributed by atoms with E-state index in [2.05, 4.69) is 12.2 Å². The predicted octanol–water partition coefficient (Wildman–Crippen LogP) is 2.96. The van der Waals surface area contributed by atoms with Crippen molar-refractivity contribution in [3.05, 3.63) is 29.8 Å². The van der Waals surface area contributed by atoms with Gasteiger partial charge in [0.05, 0.1) is 12.1 Å². The Bertz CT molecular complexity index is 456. The topological polar surface area (TPSA) is 64.3 Å². The molecule has 1 aromatic carbocycles. The van der Waals surface area contributed by atoms with Gasteiger partial charge in [0.25, 0.3) is 0 Å². The summed E-state index contributed by atoms with van der Waals surface area (Å²) in [5.41, 5.74) is 6.71. The van der Waals surface area contributed by atoms with Crippen LogP contribution in [0.4, 0.5) is 0 Å². The van der Waals surface area contributed by atoms with Crippen LogP contribution in [0.1, 0.15) is 44.1 Å². The second kappa shape index (κ2) is 9.01. The minimum absolute atomic E-state index is 0. The molecule has 0 spiro atoms.